The third-order valence-electron chi connectivity index (χ3n) is 11.5. The molecule has 250 valence electrons. The molecule has 0 aliphatic heterocycles. The Hall–Kier alpha value is -6.74. The fraction of sp³-hybridized carbons (Fsp3) is 0. The van der Waals surface area contributed by atoms with Crippen LogP contribution < -0.4 is 0 Å². The lowest BCUT2D eigenvalue weighted by Gasteiger charge is -2.19. The normalized spacial score (nSPS) is 12.1. The Balaban J connectivity index is 1.05. The molecular weight excluding hydrogens is 673 g/mol. The molecule has 10 aromatic carbocycles. The van der Waals surface area contributed by atoms with Crippen molar-refractivity contribution in [3.05, 3.63) is 182 Å². The van der Waals surface area contributed by atoms with Gasteiger partial charge in [-0.05, 0) is 101 Å². The summed E-state index contributed by atoms with van der Waals surface area (Å²) >= 11 is 1.85. The molecule has 0 spiro atoms. The molecule has 2 heteroatoms. The fourth-order valence-electron chi connectivity index (χ4n) is 9.09. The summed E-state index contributed by atoms with van der Waals surface area (Å²) in [6.45, 7) is 0. The summed E-state index contributed by atoms with van der Waals surface area (Å²) in [5, 5.41) is 15.1. The highest BCUT2D eigenvalue weighted by Crippen LogP contribution is 2.47. The highest BCUT2D eigenvalue weighted by molar-refractivity contribution is 7.26. The van der Waals surface area contributed by atoms with E-state index < -0.39 is 0 Å². The molecule has 0 aliphatic carbocycles. The number of rotatable bonds is 3. The monoisotopic (exact) mass is 702 g/mol. The topological polar surface area (TPSA) is 13.1 Å². The second-order valence-electron chi connectivity index (χ2n) is 14.3. The van der Waals surface area contributed by atoms with Crippen molar-refractivity contribution in [2.75, 3.05) is 0 Å². The predicted octanol–water partition coefficient (Wildman–Crippen LogP) is 15.6. The molecule has 0 saturated heterocycles. The molecule has 12 rings (SSSR count). The molecule has 54 heavy (non-hydrogen) atoms. The van der Waals surface area contributed by atoms with Crippen LogP contribution in [0.5, 0.6) is 0 Å². The molecule has 0 radical (unpaired) electrons. The molecule has 2 heterocycles. The lowest BCUT2D eigenvalue weighted by molar-refractivity contribution is 0.669. The van der Waals surface area contributed by atoms with Crippen LogP contribution in [-0.2, 0) is 0 Å². The third kappa shape index (κ3) is 4.26. The summed E-state index contributed by atoms with van der Waals surface area (Å²) in [7, 11) is 0. The minimum atomic E-state index is 0.937. The minimum Gasteiger partial charge on any atom is -0.456 e. The summed E-state index contributed by atoms with van der Waals surface area (Å²) in [5.74, 6) is 0. The van der Waals surface area contributed by atoms with Gasteiger partial charge in [-0.2, -0.15) is 0 Å². The Morgan fingerprint density at radius 1 is 0.315 bits per heavy atom. The number of para-hydroxylation sites is 1. The van der Waals surface area contributed by atoms with Crippen LogP contribution in [0.25, 0.3) is 119 Å². The van der Waals surface area contributed by atoms with Crippen molar-refractivity contribution >= 4 is 96.5 Å². The van der Waals surface area contributed by atoms with Gasteiger partial charge < -0.3 is 4.42 Å². The Morgan fingerprint density at radius 3 is 1.63 bits per heavy atom. The van der Waals surface area contributed by atoms with Crippen LogP contribution in [0.1, 0.15) is 0 Å². The van der Waals surface area contributed by atoms with E-state index in [1.54, 1.807) is 0 Å². The van der Waals surface area contributed by atoms with Crippen molar-refractivity contribution in [1.29, 1.82) is 0 Å². The van der Waals surface area contributed by atoms with Crippen LogP contribution in [0.15, 0.2) is 186 Å². The van der Waals surface area contributed by atoms with E-state index in [1.807, 2.05) is 17.4 Å². The SMILES string of the molecule is c1ccc2c(-c3c4ccccc4c(-c4ccc(-c5cc6sc7cc8oc9ccccc9c8cc7c6c6ccccc56)cc4)c4ccccc34)cccc2c1. The van der Waals surface area contributed by atoms with E-state index in [0.29, 0.717) is 0 Å². The second kappa shape index (κ2) is 11.4. The Kier molecular flexibility index (Phi) is 6.28. The van der Waals surface area contributed by atoms with Crippen LogP contribution in [0, 0.1) is 0 Å². The first-order valence-corrected chi connectivity index (χ1v) is 19.3. The van der Waals surface area contributed by atoms with Crippen molar-refractivity contribution in [1.82, 2.24) is 0 Å². The molecular formula is C52H30OS. The van der Waals surface area contributed by atoms with Crippen LogP contribution >= 0.6 is 11.3 Å². The van der Waals surface area contributed by atoms with Crippen LogP contribution in [0.3, 0.4) is 0 Å². The summed E-state index contributed by atoms with van der Waals surface area (Å²) in [4.78, 5) is 0. The molecule has 0 saturated carbocycles. The molecule has 2 aromatic heterocycles. The van der Waals surface area contributed by atoms with E-state index >= 15 is 0 Å². The molecule has 12 aromatic rings. The van der Waals surface area contributed by atoms with Crippen molar-refractivity contribution in [3.63, 3.8) is 0 Å². The molecule has 0 aliphatic rings. The third-order valence-corrected chi connectivity index (χ3v) is 12.6. The van der Waals surface area contributed by atoms with Crippen molar-refractivity contribution in [3.8, 4) is 33.4 Å². The Bertz CT molecular complexity index is 3430. The summed E-state index contributed by atoms with van der Waals surface area (Å²) in [6.07, 6.45) is 0. The molecule has 1 nitrogen and oxygen atoms in total. The van der Waals surface area contributed by atoms with Crippen molar-refractivity contribution in [2.45, 2.75) is 0 Å². The molecule has 0 fully saturated rings. The first-order chi connectivity index (χ1) is 26.8. The lowest BCUT2D eigenvalue weighted by atomic mass is 9.84. The van der Waals surface area contributed by atoms with Gasteiger partial charge in [0.15, 0.2) is 0 Å². The zero-order valence-electron chi connectivity index (χ0n) is 29.1. The quantitative estimate of drug-likeness (QED) is 0.167. The van der Waals surface area contributed by atoms with Gasteiger partial charge in [0, 0.05) is 30.9 Å². The van der Waals surface area contributed by atoms with Gasteiger partial charge in [0.2, 0.25) is 0 Å². The summed E-state index contributed by atoms with van der Waals surface area (Å²) in [5.41, 5.74) is 9.42. The van der Waals surface area contributed by atoms with Gasteiger partial charge in [-0.3, -0.25) is 0 Å². The smallest absolute Gasteiger partial charge is 0.136 e. The maximum Gasteiger partial charge on any atom is 0.136 e. The number of thiophene rings is 1. The first-order valence-electron chi connectivity index (χ1n) is 18.5. The van der Waals surface area contributed by atoms with Gasteiger partial charge in [0.1, 0.15) is 11.2 Å². The summed E-state index contributed by atoms with van der Waals surface area (Å²) < 4.78 is 8.83. The average Bonchev–Trinajstić information content (AvgIpc) is 3.78. The van der Waals surface area contributed by atoms with Crippen molar-refractivity contribution < 1.29 is 4.42 Å². The van der Waals surface area contributed by atoms with Gasteiger partial charge in [0.05, 0.1) is 0 Å². The van der Waals surface area contributed by atoms with Gasteiger partial charge in [-0.1, -0.05) is 158 Å². The minimum absolute atomic E-state index is 0.937. The van der Waals surface area contributed by atoms with Crippen LogP contribution in [-0.4, -0.2) is 0 Å². The molecule has 0 N–H and O–H groups in total. The first kappa shape index (κ1) is 29.8. The Labute approximate surface area is 314 Å². The predicted molar refractivity (Wildman–Crippen MR) is 233 cm³/mol. The maximum atomic E-state index is 6.29. The fourth-order valence-corrected chi connectivity index (χ4v) is 10.3. The number of fused-ring (bicyclic) bond motifs is 11. The number of hydrogen-bond donors (Lipinski definition) is 0. The van der Waals surface area contributed by atoms with Crippen molar-refractivity contribution in [2.24, 2.45) is 0 Å². The maximum absolute atomic E-state index is 6.29. The van der Waals surface area contributed by atoms with E-state index in [1.165, 1.54) is 107 Å². The van der Waals surface area contributed by atoms with Gasteiger partial charge in [-0.25, -0.2) is 0 Å². The van der Waals surface area contributed by atoms with Gasteiger partial charge in [-0.15, -0.1) is 11.3 Å². The van der Waals surface area contributed by atoms with Gasteiger partial charge in [0.25, 0.3) is 0 Å². The van der Waals surface area contributed by atoms with E-state index in [9.17, 15) is 0 Å². The number of benzene rings is 10. The average molecular weight is 703 g/mol. The molecule has 0 amide bonds. The zero-order chi connectivity index (χ0) is 35.3. The lowest BCUT2D eigenvalue weighted by Crippen LogP contribution is -1.91. The highest BCUT2D eigenvalue weighted by atomic mass is 32.1. The summed E-state index contributed by atoms with van der Waals surface area (Å²) in [6, 6.07) is 66.8. The highest BCUT2D eigenvalue weighted by Gasteiger charge is 2.19. The number of hydrogen-bond acceptors (Lipinski definition) is 2. The molecule has 0 bridgehead atoms. The van der Waals surface area contributed by atoms with E-state index in [2.05, 4.69) is 176 Å². The standard InChI is InChI=1S/C52H30OS/c1-2-14-34-31(12-1)13-11-22-37(34)51-41-20-7-5-18-39(41)50(40-19-6-8-21-42(40)51)33-26-24-32(25-27-33)43-29-49-52(38-17-4-3-15-35(38)43)45-28-44-36-16-9-10-23-46(36)53-47(44)30-48(45)54-49/h1-30H. The zero-order valence-corrected chi connectivity index (χ0v) is 30.0. The largest absolute Gasteiger partial charge is 0.456 e. The van der Waals surface area contributed by atoms with Crippen LogP contribution in [0.2, 0.25) is 0 Å². The van der Waals surface area contributed by atoms with E-state index in [-0.39, 0.29) is 0 Å². The van der Waals surface area contributed by atoms with E-state index in [0.717, 1.165) is 11.2 Å². The number of furan rings is 1. The van der Waals surface area contributed by atoms with Crippen LogP contribution in [0.4, 0.5) is 0 Å². The van der Waals surface area contributed by atoms with Gasteiger partial charge >= 0.3 is 0 Å². The van der Waals surface area contributed by atoms with E-state index in [4.69, 9.17) is 4.42 Å². The molecule has 0 atom stereocenters. The molecule has 0 unspecified atom stereocenters. The Morgan fingerprint density at radius 2 is 0.889 bits per heavy atom. The second-order valence-corrected chi connectivity index (χ2v) is 15.4.